The standard InChI is InChI=1S/C17H16BrNO/c1-11-8-13(6-7-16(11)18)17(20)19-10-14-9-12-4-2-3-5-15(12)14/h2-8,14H,9-10H2,1H3,(H,19,20). The maximum Gasteiger partial charge on any atom is 0.251 e. The zero-order valence-corrected chi connectivity index (χ0v) is 12.9. The van der Waals surface area contributed by atoms with E-state index in [0.29, 0.717) is 12.5 Å². The lowest BCUT2D eigenvalue weighted by atomic mass is 9.77. The number of amides is 1. The predicted molar refractivity (Wildman–Crippen MR) is 84.1 cm³/mol. The average Bonchev–Trinajstić information content (AvgIpc) is 2.42. The fourth-order valence-corrected chi connectivity index (χ4v) is 2.90. The van der Waals surface area contributed by atoms with E-state index in [0.717, 1.165) is 22.0 Å². The Labute approximate surface area is 127 Å². The van der Waals surface area contributed by atoms with Gasteiger partial charge in [-0.25, -0.2) is 0 Å². The summed E-state index contributed by atoms with van der Waals surface area (Å²) in [5.74, 6) is 0.469. The number of rotatable bonds is 3. The Morgan fingerprint density at radius 2 is 2.10 bits per heavy atom. The fraction of sp³-hybridized carbons (Fsp3) is 0.235. The third-order valence-electron chi connectivity index (χ3n) is 3.89. The number of benzene rings is 2. The van der Waals surface area contributed by atoms with Crippen molar-refractivity contribution < 1.29 is 4.79 Å². The Morgan fingerprint density at radius 1 is 1.30 bits per heavy atom. The van der Waals surface area contributed by atoms with Crippen molar-refractivity contribution in [3.05, 3.63) is 69.2 Å². The van der Waals surface area contributed by atoms with E-state index in [2.05, 4.69) is 45.5 Å². The highest BCUT2D eigenvalue weighted by Gasteiger charge is 2.25. The van der Waals surface area contributed by atoms with Gasteiger partial charge >= 0.3 is 0 Å². The molecule has 20 heavy (non-hydrogen) atoms. The molecule has 3 rings (SSSR count). The molecule has 0 bridgehead atoms. The van der Waals surface area contributed by atoms with Crippen LogP contribution in [-0.4, -0.2) is 12.5 Å². The summed E-state index contributed by atoms with van der Waals surface area (Å²) in [6, 6.07) is 14.1. The van der Waals surface area contributed by atoms with Crippen molar-refractivity contribution in [2.75, 3.05) is 6.54 Å². The molecule has 0 fully saturated rings. The smallest absolute Gasteiger partial charge is 0.251 e. The van der Waals surface area contributed by atoms with Crippen molar-refractivity contribution in [3.63, 3.8) is 0 Å². The van der Waals surface area contributed by atoms with Gasteiger partial charge in [0.25, 0.3) is 5.91 Å². The molecule has 0 aliphatic heterocycles. The molecular weight excluding hydrogens is 314 g/mol. The summed E-state index contributed by atoms with van der Waals surface area (Å²) in [6.45, 7) is 2.70. The van der Waals surface area contributed by atoms with E-state index in [1.165, 1.54) is 11.1 Å². The third-order valence-corrected chi connectivity index (χ3v) is 4.78. The summed E-state index contributed by atoms with van der Waals surface area (Å²) in [4.78, 5) is 12.1. The largest absolute Gasteiger partial charge is 0.351 e. The van der Waals surface area contributed by atoms with E-state index in [-0.39, 0.29) is 5.91 Å². The number of halogens is 1. The number of hydrogen-bond acceptors (Lipinski definition) is 1. The first-order valence-electron chi connectivity index (χ1n) is 6.77. The minimum absolute atomic E-state index is 0.00461. The molecule has 0 heterocycles. The second-order valence-electron chi connectivity index (χ2n) is 5.27. The highest BCUT2D eigenvalue weighted by molar-refractivity contribution is 9.10. The molecule has 2 aromatic carbocycles. The second kappa shape index (κ2) is 5.41. The minimum atomic E-state index is 0.00461. The molecule has 0 saturated heterocycles. The Bertz CT molecular complexity index is 666. The van der Waals surface area contributed by atoms with Crippen molar-refractivity contribution in [2.45, 2.75) is 19.3 Å². The van der Waals surface area contributed by atoms with Crippen molar-refractivity contribution in [1.29, 1.82) is 0 Å². The maximum atomic E-state index is 12.1. The summed E-state index contributed by atoms with van der Waals surface area (Å²) in [5.41, 5.74) is 4.58. The Hall–Kier alpha value is -1.61. The van der Waals surface area contributed by atoms with Gasteiger partial charge in [0.15, 0.2) is 0 Å². The van der Waals surface area contributed by atoms with E-state index in [4.69, 9.17) is 0 Å². The molecule has 1 unspecified atom stereocenters. The van der Waals surface area contributed by atoms with Crippen molar-refractivity contribution in [1.82, 2.24) is 5.32 Å². The van der Waals surface area contributed by atoms with E-state index in [9.17, 15) is 4.79 Å². The summed E-state index contributed by atoms with van der Waals surface area (Å²) in [7, 11) is 0. The summed E-state index contributed by atoms with van der Waals surface area (Å²) >= 11 is 3.45. The molecule has 0 spiro atoms. The third kappa shape index (κ3) is 2.50. The average molecular weight is 330 g/mol. The molecule has 3 heteroatoms. The fourth-order valence-electron chi connectivity index (χ4n) is 2.65. The first-order valence-corrected chi connectivity index (χ1v) is 7.56. The van der Waals surface area contributed by atoms with Gasteiger partial charge in [0, 0.05) is 22.5 Å². The van der Waals surface area contributed by atoms with E-state index < -0.39 is 0 Å². The lowest BCUT2D eigenvalue weighted by Crippen LogP contribution is -2.33. The van der Waals surface area contributed by atoms with Crippen LogP contribution in [0.25, 0.3) is 0 Å². The van der Waals surface area contributed by atoms with Gasteiger partial charge in [0.05, 0.1) is 0 Å². The second-order valence-corrected chi connectivity index (χ2v) is 6.13. The number of fused-ring (bicyclic) bond motifs is 1. The van der Waals surface area contributed by atoms with Crippen LogP contribution in [0.5, 0.6) is 0 Å². The summed E-state index contributed by atoms with van der Waals surface area (Å²) in [5, 5.41) is 3.03. The summed E-state index contributed by atoms with van der Waals surface area (Å²) < 4.78 is 1.03. The quantitative estimate of drug-likeness (QED) is 0.911. The first kappa shape index (κ1) is 13.4. The highest BCUT2D eigenvalue weighted by Crippen LogP contribution is 2.34. The van der Waals surface area contributed by atoms with E-state index >= 15 is 0 Å². The van der Waals surface area contributed by atoms with Gasteiger partial charge in [0.1, 0.15) is 0 Å². The molecular formula is C17H16BrNO. The normalized spacial score (nSPS) is 16.2. The van der Waals surface area contributed by atoms with Gasteiger partial charge in [-0.1, -0.05) is 40.2 Å². The molecule has 2 nitrogen and oxygen atoms in total. The van der Waals surface area contributed by atoms with Crippen LogP contribution in [0.3, 0.4) is 0 Å². The molecule has 1 N–H and O–H groups in total. The van der Waals surface area contributed by atoms with Crippen LogP contribution in [0.15, 0.2) is 46.9 Å². The lowest BCUT2D eigenvalue weighted by Gasteiger charge is -2.30. The van der Waals surface area contributed by atoms with Crippen LogP contribution in [0, 0.1) is 6.92 Å². The topological polar surface area (TPSA) is 29.1 Å². The predicted octanol–water partition coefficient (Wildman–Crippen LogP) is 3.83. The molecule has 0 radical (unpaired) electrons. The number of aryl methyl sites for hydroxylation is 1. The molecule has 1 amide bonds. The maximum absolute atomic E-state index is 12.1. The van der Waals surface area contributed by atoms with Crippen LogP contribution in [-0.2, 0) is 6.42 Å². The molecule has 102 valence electrons. The van der Waals surface area contributed by atoms with Gasteiger partial charge in [-0.15, -0.1) is 0 Å². The van der Waals surface area contributed by atoms with Crippen molar-refractivity contribution >= 4 is 21.8 Å². The summed E-state index contributed by atoms with van der Waals surface area (Å²) in [6.07, 6.45) is 1.07. The first-order chi connectivity index (χ1) is 9.65. The molecule has 2 aromatic rings. The Balaban J connectivity index is 1.62. The Kier molecular flexibility index (Phi) is 3.62. The van der Waals surface area contributed by atoms with Crippen LogP contribution in [0.1, 0.15) is 33.0 Å². The molecule has 0 saturated carbocycles. The molecule has 1 aliphatic rings. The van der Waals surface area contributed by atoms with Crippen molar-refractivity contribution in [2.24, 2.45) is 0 Å². The molecule has 0 aromatic heterocycles. The minimum Gasteiger partial charge on any atom is -0.351 e. The molecule has 1 aliphatic carbocycles. The zero-order valence-electron chi connectivity index (χ0n) is 11.3. The van der Waals surface area contributed by atoms with Gasteiger partial charge in [0.2, 0.25) is 0 Å². The van der Waals surface area contributed by atoms with Gasteiger partial charge in [-0.05, 0) is 48.2 Å². The van der Waals surface area contributed by atoms with Gasteiger partial charge in [-0.2, -0.15) is 0 Å². The number of nitrogens with one attached hydrogen (secondary N) is 1. The van der Waals surface area contributed by atoms with E-state index in [1.807, 2.05) is 25.1 Å². The van der Waals surface area contributed by atoms with Crippen LogP contribution in [0.2, 0.25) is 0 Å². The van der Waals surface area contributed by atoms with E-state index in [1.54, 1.807) is 0 Å². The van der Waals surface area contributed by atoms with Crippen LogP contribution < -0.4 is 5.32 Å². The Morgan fingerprint density at radius 3 is 2.85 bits per heavy atom. The highest BCUT2D eigenvalue weighted by atomic mass is 79.9. The van der Waals surface area contributed by atoms with Crippen LogP contribution >= 0.6 is 15.9 Å². The van der Waals surface area contributed by atoms with Crippen molar-refractivity contribution in [3.8, 4) is 0 Å². The number of carbonyl (C=O) groups excluding carboxylic acids is 1. The van der Waals surface area contributed by atoms with Gasteiger partial charge < -0.3 is 5.32 Å². The SMILES string of the molecule is Cc1cc(C(=O)NCC2Cc3ccccc32)ccc1Br. The molecule has 1 atom stereocenters. The lowest BCUT2D eigenvalue weighted by molar-refractivity contribution is 0.0950. The van der Waals surface area contributed by atoms with Crippen LogP contribution in [0.4, 0.5) is 0 Å². The number of hydrogen-bond donors (Lipinski definition) is 1. The zero-order chi connectivity index (χ0) is 14.1. The monoisotopic (exact) mass is 329 g/mol. The number of carbonyl (C=O) groups is 1. The van der Waals surface area contributed by atoms with Gasteiger partial charge in [-0.3, -0.25) is 4.79 Å².